The molecule has 5 nitrogen and oxygen atoms in total. The zero-order valence-corrected chi connectivity index (χ0v) is 17.5. The molecule has 154 valence electrons. The minimum Gasteiger partial charge on any atom is -0.487 e. The Morgan fingerprint density at radius 1 is 1.06 bits per heavy atom. The number of halogens is 1. The third-order valence-corrected chi connectivity index (χ3v) is 5.65. The van der Waals surface area contributed by atoms with Gasteiger partial charge in [0.1, 0.15) is 11.9 Å². The van der Waals surface area contributed by atoms with Gasteiger partial charge in [-0.3, -0.25) is 4.79 Å². The van der Waals surface area contributed by atoms with Crippen LogP contribution < -0.4 is 10.1 Å². The number of amides is 1. The second-order valence-electron chi connectivity index (χ2n) is 7.58. The zero-order valence-electron chi connectivity index (χ0n) is 16.7. The lowest BCUT2D eigenvalue weighted by Gasteiger charge is -2.14. The lowest BCUT2D eigenvalue weighted by atomic mass is 10.0. The van der Waals surface area contributed by atoms with E-state index < -0.39 is 0 Å². The van der Waals surface area contributed by atoms with E-state index in [0.29, 0.717) is 30.2 Å². The van der Waals surface area contributed by atoms with Crippen molar-refractivity contribution in [2.45, 2.75) is 18.9 Å². The summed E-state index contributed by atoms with van der Waals surface area (Å²) < 4.78 is 6.16. The van der Waals surface area contributed by atoms with Gasteiger partial charge in [-0.15, -0.1) is 0 Å². The Morgan fingerprint density at radius 2 is 1.87 bits per heavy atom. The summed E-state index contributed by atoms with van der Waals surface area (Å²) in [5.74, 6) is 1.28. The summed E-state index contributed by atoms with van der Waals surface area (Å²) in [5.41, 5.74) is 2.79. The molecular formula is C25H20ClN3O2. The molecule has 1 aliphatic rings. The molecule has 0 fully saturated rings. The molecule has 1 N–H and O–H groups in total. The summed E-state index contributed by atoms with van der Waals surface area (Å²) in [6.07, 6.45) is 4.22. The molecule has 0 bridgehead atoms. The maximum Gasteiger partial charge on any atom is 0.224 e. The Hall–Kier alpha value is -3.44. The van der Waals surface area contributed by atoms with Crippen LogP contribution >= 0.6 is 11.6 Å². The molecule has 2 heterocycles. The quantitative estimate of drug-likeness (QED) is 0.503. The van der Waals surface area contributed by atoms with Crippen molar-refractivity contribution in [3.05, 3.63) is 89.2 Å². The highest BCUT2D eigenvalue weighted by atomic mass is 35.5. The van der Waals surface area contributed by atoms with Crippen LogP contribution in [-0.4, -0.2) is 28.5 Å². The van der Waals surface area contributed by atoms with Crippen LogP contribution in [0.15, 0.2) is 73.1 Å². The fourth-order valence-electron chi connectivity index (χ4n) is 4.02. The van der Waals surface area contributed by atoms with Crippen LogP contribution in [-0.2, 0) is 17.6 Å². The molecule has 5 rings (SSSR count). The number of aromatic nitrogens is 2. The number of carbonyl (C=O) groups excluding carboxylic acids is 1. The fourth-order valence-corrected chi connectivity index (χ4v) is 4.26. The second-order valence-corrected chi connectivity index (χ2v) is 8.01. The number of carbonyl (C=O) groups is 1. The van der Waals surface area contributed by atoms with Crippen LogP contribution in [0.3, 0.4) is 0 Å². The number of benzene rings is 3. The molecule has 3 aromatic carbocycles. The smallest absolute Gasteiger partial charge is 0.224 e. The lowest BCUT2D eigenvalue weighted by Crippen LogP contribution is -2.35. The van der Waals surface area contributed by atoms with Crippen molar-refractivity contribution in [1.82, 2.24) is 15.3 Å². The van der Waals surface area contributed by atoms with Crippen molar-refractivity contribution >= 4 is 28.3 Å². The zero-order chi connectivity index (χ0) is 21.2. The highest BCUT2D eigenvalue weighted by Crippen LogP contribution is 2.39. The van der Waals surface area contributed by atoms with Crippen LogP contribution in [0.5, 0.6) is 5.75 Å². The third-order valence-electron chi connectivity index (χ3n) is 5.43. The van der Waals surface area contributed by atoms with Gasteiger partial charge in [-0.2, -0.15) is 0 Å². The van der Waals surface area contributed by atoms with E-state index in [1.807, 2.05) is 42.5 Å². The van der Waals surface area contributed by atoms with Gasteiger partial charge in [0.05, 0.1) is 18.5 Å². The number of nitrogens with zero attached hydrogens (tertiary/aromatic N) is 2. The second kappa shape index (κ2) is 8.36. The first-order valence-electron chi connectivity index (χ1n) is 10.2. The van der Waals surface area contributed by atoms with Gasteiger partial charge in [-0.25, -0.2) is 9.97 Å². The maximum absolute atomic E-state index is 12.6. The largest absolute Gasteiger partial charge is 0.487 e. The van der Waals surface area contributed by atoms with Gasteiger partial charge in [0.2, 0.25) is 5.91 Å². The van der Waals surface area contributed by atoms with Crippen molar-refractivity contribution in [1.29, 1.82) is 0 Å². The van der Waals surface area contributed by atoms with Gasteiger partial charge in [-0.1, -0.05) is 54.1 Å². The number of hydrogen-bond acceptors (Lipinski definition) is 4. The minimum atomic E-state index is -0.160. The molecule has 6 heteroatoms. The van der Waals surface area contributed by atoms with Gasteiger partial charge in [0.25, 0.3) is 0 Å². The summed E-state index contributed by atoms with van der Waals surface area (Å²) in [7, 11) is 0. The fraction of sp³-hybridized carbons (Fsp3) is 0.160. The molecule has 31 heavy (non-hydrogen) atoms. The minimum absolute atomic E-state index is 0.0273. The lowest BCUT2D eigenvalue weighted by molar-refractivity contribution is -0.120. The average molecular weight is 430 g/mol. The molecule has 0 saturated carbocycles. The monoisotopic (exact) mass is 429 g/mol. The summed E-state index contributed by atoms with van der Waals surface area (Å²) in [6.45, 7) is 0.422. The van der Waals surface area contributed by atoms with E-state index in [-0.39, 0.29) is 12.0 Å². The molecule has 1 amide bonds. The Kier molecular flexibility index (Phi) is 5.26. The molecule has 1 aliphatic heterocycles. The van der Waals surface area contributed by atoms with E-state index in [0.717, 1.165) is 33.2 Å². The normalized spacial score (nSPS) is 14.8. The Balaban J connectivity index is 1.27. The highest BCUT2D eigenvalue weighted by Gasteiger charge is 2.27. The standard InChI is InChI=1S/C25H20ClN3O2/c26-19-11-18-12-20(31-24(18)22(14-19)25-27-9-4-10-28-25)15-29-23(30)13-17-7-3-6-16-5-1-2-8-21(16)17/h1-11,14,20H,12-13,15H2,(H,29,30)/t20-/m1/s1. The SMILES string of the molecule is O=C(Cc1cccc2ccccc12)NC[C@H]1Cc2cc(Cl)cc(-c3ncccn3)c2O1. The van der Waals surface area contributed by atoms with Crippen molar-refractivity contribution < 1.29 is 9.53 Å². The van der Waals surface area contributed by atoms with Crippen molar-refractivity contribution in [2.75, 3.05) is 6.54 Å². The average Bonchev–Trinajstić information content (AvgIpc) is 3.21. The van der Waals surface area contributed by atoms with Crippen LogP contribution in [0, 0.1) is 0 Å². The van der Waals surface area contributed by atoms with Gasteiger partial charge in [0, 0.05) is 29.4 Å². The molecule has 4 aromatic rings. The summed E-state index contributed by atoms with van der Waals surface area (Å²) in [6, 6.07) is 19.6. The van der Waals surface area contributed by atoms with E-state index in [1.165, 1.54) is 0 Å². The van der Waals surface area contributed by atoms with Crippen molar-refractivity contribution in [3.63, 3.8) is 0 Å². The molecule has 0 spiro atoms. The van der Waals surface area contributed by atoms with Gasteiger partial charge in [0.15, 0.2) is 5.82 Å². The molecule has 0 aliphatic carbocycles. The van der Waals surface area contributed by atoms with E-state index in [9.17, 15) is 4.79 Å². The highest BCUT2D eigenvalue weighted by molar-refractivity contribution is 6.31. The molecular weight excluding hydrogens is 410 g/mol. The van der Waals surface area contributed by atoms with Crippen LogP contribution in [0.2, 0.25) is 5.02 Å². The molecule has 0 saturated heterocycles. The number of hydrogen-bond donors (Lipinski definition) is 1. The number of nitrogens with one attached hydrogen (secondary N) is 1. The Bertz CT molecular complexity index is 1260. The van der Waals surface area contributed by atoms with Gasteiger partial charge in [-0.05, 0) is 34.5 Å². The maximum atomic E-state index is 12.6. The Labute approximate surface area is 185 Å². The Morgan fingerprint density at radius 3 is 2.74 bits per heavy atom. The number of fused-ring (bicyclic) bond motifs is 2. The molecule has 0 unspecified atom stereocenters. The van der Waals surface area contributed by atoms with Crippen LogP contribution in [0.4, 0.5) is 0 Å². The van der Waals surface area contributed by atoms with E-state index in [4.69, 9.17) is 16.3 Å². The topological polar surface area (TPSA) is 64.1 Å². The summed E-state index contributed by atoms with van der Waals surface area (Å²) >= 11 is 6.31. The predicted molar refractivity (Wildman–Crippen MR) is 121 cm³/mol. The van der Waals surface area contributed by atoms with E-state index >= 15 is 0 Å². The number of ether oxygens (including phenoxy) is 1. The van der Waals surface area contributed by atoms with Gasteiger partial charge >= 0.3 is 0 Å². The predicted octanol–water partition coefficient (Wildman–Crippen LogP) is 4.61. The van der Waals surface area contributed by atoms with Crippen molar-refractivity contribution in [2.24, 2.45) is 0 Å². The van der Waals surface area contributed by atoms with E-state index in [1.54, 1.807) is 18.5 Å². The molecule has 1 atom stereocenters. The first kappa shape index (κ1) is 19.5. The summed E-state index contributed by atoms with van der Waals surface area (Å²) in [5, 5.41) is 5.87. The van der Waals surface area contributed by atoms with Gasteiger partial charge < -0.3 is 10.1 Å². The first-order chi connectivity index (χ1) is 15.2. The third kappa shape index (κ3) is 4.09. The molecule has 0 radical (unpaired) electrons. The van der Waals surface area contributed by atoms with Crippen LogP contribution in [0.25, 0.3) is 22.2 Å². The first-order valence-corrected chi connectivity index (χ1v) is 10.5. The summed E-state index contributed by atoms with van der Waals surface area (Å²) in [4.78, 5) is 21.3. The number of rotatable bonds is 5. The molecule has 1 aromatic heterocycles. The van der Waals surface area contributed by atoms with E-state index in [2.05, 4.69) is 27.4 Å². The van der Waals surface area contributed by atoms with Crippen molar-refractivity contribution in [3.8, 4) is 17.1 Å². The van der Waals surface area contributed by atoms with Crippen LogP contribution in [0.1, 0.15) is 11.1 Å².